The first-order chi connectivity index (χ1) is 18.8. The SMILES string of the molecule is CC1OC(OC2CC3C(=CCC4(C)C(=O)CCC34)C3(C)CCC(OOS(=O)O)CC23)C(O)C(O)C1OOS(=O)O. The van der Waals surface area contributed by atoms with Crippen molar-refractivity contribution >= 4 is 28.5 Å². The van der Waals surface area contributed by atoms with E-state index in [1.807, 2.05) is 0 Å². The fourth-order valence-corrected chi connectivity index (χ4v) is 8.45. The summed E-state index contributed by atoms with van der Waals surface area (Å²) in [4.78, 5) is 23.0. The van der Waals surface area contributed by atoms with E-state index in [1.54, 1.807) is 6.92 Å². The largest absolute Gasteiger partial charge is 0.387 e. The predicted octanol–water partition coefficient (Wildman–Crippen LogP) is 1.89. The summed E-state index contributed by atoms with van der Waals surface area (Å²) in [5.41, 5.74) is 0.554. The number of ether oxygens (including phenoxy) is 2. The highest BCUT2D eigenvalue weighted by atomic mass is 32.2. The Morgan fingerprint density at radius 2 is 1.68 bits per heavy atom. The van der Waals surface area contributed by atoms with Gasteiger partial charge in [0.2, 0.25) is 0 Å². The minimum absolute atomic E-state index is 0.0854. The van der Waals surface area contributed by atoms with Crippen LogP contribution in [0.3, 0.4) is 0 Å². The van der Waals surface area contributed by atoms with Gasteiger partial charge in [-0.1, -0.05) is 25.5 Å². The van der Waals surface area contributed by atoms with Crippen molar-refractivity contribution < 1.29 is 60.4 Å². The molecule has 0 radical (unpaired) electrons. The fourth-order valence-electron chi connectivity index (χ4n) is 8.12. The van der Waals surface area contributed by atoms with Crippen LogP contribution < -0.4 is 0 Å². The lowest BCUT2D eigenvalue weighted by atomic mass is 9.48. The maximum absolute atomic E-state index is 12.9. The molecular weight excluding hydrogens is 572 g/mol. The van der Waals surface area contributed by atoms with Crippen LogP contribution in [0.5, 0.6) is 0 Å². The molecule has 228 valence electrons. The smallest absolute Gasteiger partial charge is 0.331 e. The Kier molecular flexibility index (Phi) is 9.05. The lowest BCUT2D eigenvalue weighted by Gasteiger charge is -2.58. The third-order valence-corrected chi connectivity index (χ3v) is 10.6. The number of hydrogen-bond donors (Lipinski definition) is 4. The van der Waals surface area contributed by atoms with Gasteiger partial charge in [-0.2, -0.15) is 8.42 Å². The molecule has 0 bridgehead atoms. The Morgan fingerprint density at radius 3 is 2.38 bits per heavy atom. The Bertz CT molecular complexity index is 1060. The minimum atomic E-state index is -2.74. The van der Waals surface area contributed by atoms with E-state index in [-0.39, 0.29) is 29.0 Å². The van der Waals surface area contributed by atoms with E-state index in [4.69, 9.17) is 28.4 Å². The molecule has 0 aromatic rings. The molecule has 1 saturated heterocycles. The molecule has 5 aliphatic rings. The van der Waals surface area contributed by atoms with Gasteiger partial charge in [-0.15, -0.1) is 8.67 Å². The van der Waals surface area contributed by atoms with Crippen molar-refractivity contribution in [3.8, 4) is 0 Å². The second-order valence-corrected chi connectivity index (χ2v) is 13.3. The van der Waals surface area contributed by atoms with Crippen molar-refractivity contribution in [3.63, 3.8) is 0 Å². The van der Waals surface area contributed by atoms with Crippen LogP contribution in [0.4, 0.5) is 0 Å². The first-order valence-corrected chi connectivity index (χ1v) is 15.7. The molecule has 3 saturated carbocycles. The number of ketones is 1. The molecule has 4 aliphatic carbocycles. The van der Waals surface area contributed by atoms with E-state index in [9.17, 15) is 23.4 Å². The molecule has 40 heavy (non-hydrogen) atoms. The van der Waals surface area contributed by atoms with E-state index in [0.717, 1.165) is 6.42 Å². The summed E-state index contributed by atoms with van der Waals surface area (Å²) in [6.45, 7) is 5.78. The molecule has 14 atom stereocenters. The van der Waals surface area contributed by atoms with E-state index < -0.39 is 71.1 Å². The standard InChI is InChI=1S/C25H38O13S2/c1-12-22(36-38-40(31)32)20(27)21(28)23(33-12)34-18-11-14-15-4-5-19(26)25(15,3)9-7-16(14)24(2)8-6-13(10-17(18)24)35-37-39(29)30/h7,12-15,17-18,20-23,27-28H,4-6,8-11H2,1-3H3,(H,29,30)(H,31,32). The Labute approximate surface area is 237 Å². The highest BCUT2D eigenvalue weighted by molar-refractivity contribution is 7.74. The van der Waals surface area contributed by atoms with Gasteiger partial charge >= 0.3 is 22.7 Å². The van der Waals surface area contributed by atoms with Gasteiger partial charge in [0.15, 0.2) is 6.29 Å². The highest BCUT2D eigenvalue weighted by Gasteiger charge is 2.60. The molecule has 4 N–H and O–H groups in total. The highest BCUT2D eigenvalue weighted by Crippen LogP contribution is 2.64. The Balaban J connectivity index is 1.41. The number of aliphatic hydroxyl groups excluding tert-OH is 2. The number of carbonyl (C=O) groups excluding carboxylic acids is 1. The average molecular weight is 611 g/mol. The molecule has 0 amide bonds. The molecular formula is C25H38O13S2. The average Bonchev–Trinajstić information content (AvgIpc) is 3.20. The Morgan fingerprint density at radius 1 is 0.975 bits per heavy atom. The van der Waals surface area contributed by atoms with Crippen LogP contribution in [0.2, 0.25) is 0 Å². The first kappa shape index (κ1) is 30.8. The number of carbonyl (C=O) groups is 1. The third-order valence-electron chi connectivity index (χ3n) is 10.2. The van der Waals surface area contributed by atoms with Gasteiger partial charge in [-0.3, -0.25) is 13.9 Å². The van der Waals surface area contributed by atoms with Crippen LogP contribution in [-0.4, -0.2) is 76.4 Å². The molecule has 14 unspecified atom stereocenters. The quantitative estimate of drug-likeness (QED) is 0.135. The number of allylic oxidation sites excluding steroid dienone is 2. The van der Waals surface area contributed by atoms with Gasteiger partial charge in [0.25, 0.3) is 0 Å². The van der Waals surface area contributed by atoms with Gasteiger partial charge in [-0.05, 0) is 68.6 Å². The fraction of sp³-hybridized carbons (Fsp3) is 0.880. The molecule has 0 aromatic heterocycles. The minimum Gasteiger partial charge on any atom is -0.387 e. The van der Waals surface area contributed by atoms with E-state index in [2.05, 4.69) is 28.6 Å². The van der Waals surface area contributed by atoms with Crippen molar-refractivity contribution in [2.75, 3.05) is 0 Å². The summed E-state index contributed by atoms with van der Waals surface area (Å²) in [7, 11) is 0. The molecule has 4 fully saturated rings. The monoisotopic (exact) mass is 610 g/mol. The van der Waals surface area contributed by atoms with Crippen LogP contribution in [0, 0.1) is 28.6 Å². The first-order valence-electron chi connectivity index (χ1n) is 13.7. The summed E-state index contributed by atoms with van der Waals surface area (Å²) in [5, 5.41) is 21.6. The van der Waals surface area contributed by atoms with Crippen LogP contribution >= 0.6 is 0 Å². The topological polar surface area (TPSA) is 188 Å². The second kappa shape index (κ2) is 11.8. The second-order valence-electron chi connectivity index (χ2n) is 12.2. The molecule has 13 nitrogen and oxygen atoms in total. The lowest BCUT2D eigenvalue weighted by molar-refractivity contribution is -0.364. The van der Waals surface area contributed by atoms with Crippen molar-refractivity contribution in [2.45, 2.75) is 109 Å². The normalized spacial score (nSPS) is 48.5. The molecule has 0 aromatic carbocycles. The predicted molar refractivity (Wildman–Crippen MR) is 137 cm³/mol. The number of fused-ring (bicyclic) bond motifs is 5. The summed E-state index contributed by atoms with van der Waals surface area (Å²) >= 11 is -5.32. The van der Waals surface area contributed by atoms with E-state index >= 15 is 0 Å². The van der Waals surface area contributed by atoms with Crippen molar-refractivity contribution in [1.29, 1.82) is 0 Å². The summed E-state index contributed by atoms with van der Waals surface area (Å²) in [6.07, 6.45) is -0.814. The van der Waals surface area contributed by atoms with Crippen molar-refractivity contribution in [2.24, 2.45) is 28.6 Å². The zero-order valence-electron chi connectivity index (χ0n) is 22.6. The zero-order chi connectivity index (χ0) is 29.0. The van der Waals surface area contributed by atoms with Gasteiger partial charge < -0.3 is 19.7 Å². The van der Waals surface area contributed by atoms with E-state index in [0.29, 0.717) is 38.5 Å². The summed E-state index contributed by atoms with van der Waals surface area (Å²) in [6, 6.07) is 0. The lowest BCUT2D eigenvalue weighted by Crippen LogP contribution is -2.61. The van der Waals surface area contributed by atoms with Crippen LogP contribution in [0.15, 0.2) is 11.6 Å². The number of Topliss-reactive ketones (excluding diaryl/α,β-unsaturated/α-hetero) is 1. The maximum Gasteiger partial charge on any atom is 0.331 e. The van der Waals surface area contributed by atoms with E-state index in [1.165, 1.54) is 5.57 Å². The van der Waals surface area contributed by atoms with Crippen LogP contribution in [0.25, 0.3) is 0 Å². The Hall–Kier alpha value is -0.690. The van der Waals surface area contributed by atoms with Crippen LogP contribution in [0.1, 0.15) is 65.7 Å². The number of hydrogen-bond acceptors (Lipinski definition) is 11. The van der Waals surface area contributed by atoms with Gasteiger partial charge in [0.1, 0.15) is 24.1 Å². The summed E-state index contributed by atoms with van der Waals surface area (Å²) in [5.74, 6) is 0.378. The number of rotatable bonds is 8. The van der Waals surface area contributed by atoms with Crippen molar-refractivity contribution in [1.82, 2.24) is 0 Å². The third kappa shape index (κ3) is 5.53. The van der Waals surface area contributed by atoms with Crippen LogP contribution in [-0.2, 0) is 55.4 Å². The summed E-state index contributed by atoms with van der Waals surface area (Å²) < 4.78 is 60.9. The van der Waals surface area contributed by atoms with Crippen molar-refractivity contribution in [3.05, 3.63) is 11.6 Å². The van der Waals surface area contributed by atoms with Gasteiger partial charge in [0, 0.05) is 11.8 Å². The molecule has 1 aliphatic heterocycles. The van der Waals surface area contributed by atoms with Gasteiger partial charge in [0.05, 0.1) is 18.3 Å². The zero-order valence-corrected chi connectivity index (χ0v) is 24.2. The molecule has 15 heteroatoms. The molecule has 5 rings (SSSR count). The maximum atomic E-state index is 12.9. The molecule has 0 spiro atoms. The van der Waals surface area contributed by atoms with Gasteiger partial charge in [-0.25, -0.2) is 9.78 Å². The number of aliphatic hydroxyl groups is 2. The molecule has 1 heterocycles.